The zero-order valence-electron chi connectivity index (χ0n) is 11.0. The fraction of sp³-hybridized carbons (Fsp3) is 0.786. The Balaban J connectivity index is 1.76. The molecule has 0 radical (unpaired) electrons. The van der Waals surface area contributed by atoms with Crippen LogP contribution in [0.4, 0.5) is 0 Å². The van der Waals surface area contributed by atoms with Gasteiger partial charge in [0.1, 0.15) is 0 Å². The van der Waals surface area contributed by atoms with Crippen LogP contribution in [0.15, 0.2) is 11.1 Å². The van der Waals surface area contributed by atoms with Crippen LogP contribution < -0.4 is 10.6 Å². The largest absolute Gasteiger partial charge is 0.352 e. The van der Waals surface area contributed by atoms with E-state index in [-0.39, 0.29) is 5.91 Å². The van der Waals surface area contributed by atoms with E-state index >= 15 is 0 Å². The van der Waals surface area contributed by atoms with Crippen molar-refractivity contribution in [3.63, 3.8) is 0 Å². The third kappa shape index (κ3) is 3.32. The van der Waals surface area contributed by atoms with Gasteiger partial charge in [0.05, 0.1) is 0 Å². The maximum absolute atomic E-state index is 11.9. The van der Waals surface area contributed by atoms with Crippen molar-refractivity contribution in [3.8, 4) is 0 Å². The van der Waals surface area contributed by atoms with Crippen LogP contribution in [0.2, 0.25) is 0 Å². The van der Waals surface area contributed by atoms with Gasteiger partial charge in [-0.2, -0.15) is 0 Å². The number of hydrogen-bond donors (Lipinski definition) is 2. The lowest BCUT2D eigenvalue weighted by Crippen LogP contribution is -2.38. The first-order valence-corrected chi connectivity index (χ1v) is 6.84. The van der Waals surface area contributed by atoms with Gasteiger partial charge < -0.3 is 10.6 Å². The van der Waals surface area contributed by atoms with E-state index in [1.54, 1.807) is 0 Å². The molecule has 0 aromatic carbocycles. The Labute approximate surface area is 104 Å². The van der Waals surface area contributed by atoms with Gasteiger partial charge in [0, 0.05) is 25.2 Å². The Kier molecular flexibility index (Phi) is 4.21. The summed E-state index contributed by atoms with van der Waals surface area (Å²) in [4.78, 5) is 11.9. The number of rotatable bonds is 3. The number of carbonyl (C=O) groups excluding carboxylic acids is 1. The molecule has 1 heterocycles. The molecule has 1 aliphatic heterocycles. The molecule has 96 valence electrons. The van der Waals surface area contributed by atoms with Crippen LogP contribution in [0.5, 0.6) is 0 Å². The van der Waals surface area contributed by atoms with E-state index < -0.39 is 0 Å². The van der Waals surface area contributed by atoms with Crippen LogP contribution in [0, 0.1) is 11.8 Å². The molecule has 1 saturated carbocycles. The van der Waals surface area contributed by atoms with E-state index in [2.05, 4.69) is 17.6 Å². The topological polar surface area (TPSA) is 41.1 Å². The molecule has 0 spiro atoms. The van der Waals surface area contributed by atoms with Gasteiger partial charge in [-0.15, -0.1) is 0 Å². The minimum Gasteiger partial charge on any atom is -0.352 e. The lowest BCUT2D eigenvalue weighted by molar-refractivity contribution is -0.117. The van der Waals surface area contributed by atoms with Crippen LogP contribution in [-0.4, -0.2) is 25.5 Å². The van der Waals surface area contributed by atoms with E-state index in [1.807, 2.05) is 6.92 Å². The summed E-state index contributed by atoms with van der Waals surface area (Å²) in [6.45, 7) is 6.90. The van der Waals surface area contributed by atoms with E-state index in [1.165, 1.54) is 31.3 Å². The van der Waals surface area contributed by atoms with Crippen molar-refractivity contribution in [2.45, 2.75) is 39.5 Å². The molecule has 3 heteroatoms. The molecule has 0 aromatic rings. The Hall–Kier alpha value is -0.830. The number of nitrogens with one attached hydrogen (secondary N) is 2. The molecule has 3 nitrogen and oxygen atoms in total. The van der Waals surface area contributed by atoms with Gasteiger partial charge in [0.2, 0.25) is 5.91 Å². The minimum absolute atomic E-state index is 0.139. The summed E-state index contributed by atoms with van der Waals surface area (Å²) >= 11 is 0. The van der Waals surface area contributed by atoms with Crippen molar-refractivity contribution in [2.75, 3.05) is 19.6 Å². The van der Waals surface area contributed by atoms with Crippen molar-refractivity contribution in [1.82, 2.24) is 10.6 Å². The van der Waals surface area contributed by atoms with Crippen LogP contribution in [-0.2, 0) is 4.79 Å². The van der Waals surface area contributed by atoms with Gasteiger partial charge in [-0.1, -0.05) is 19.8 Å². The quantitative estimate of drug-likeness (QED) is 0.734. The summed E-state index contributed by atoms with van der Waals surface area (Å²) in [7, 11) is 0. The predicted octanol–water partition coefficient (Wildman–Crippen LogP) is 1.85. The van der Waals surface area contributed by atoms with Gasteiger partial charge in [-0.05, 0) is 37.2 Å². The fourth-order valence-corrected chi connectivity index (χ4v) is 2.79. The summed E-state index contributed by atoms with van der Waals surface area (Å²) in [6, 6.07) is 0. The lowest BCUT2D eigenvalue weighted by atomic mass is 9.82. The highest BCUT2D eigenvalue weighted by Gasteiger charge is 2.20. The molecule has 0 aromatic heterocycles. The van der Waals surface area contributed by atoms with E-state index in [0.29, 0.717) is 5.92 Å². The van der Waals surface area contributed by atoms with Crippen molar-refractivity contribution >= 4 is 5.91 Å². The standard InChI is InChI=1S/C14H24N2O/c1-10-4-3-5-12(6-10)7-16-14(17)11(2)13-8-15-9-13/h10,12,15H,3-9H2,1-2H3,(H,16,17). The van der Waals surface area contributed by atoms with Gasteiger partial charge in [-0.3, -0.25) is 4.79 Å². The molecule has 2 N–H and O–H groups in total. The summed E-state index contributed by atoms with van der Waals surface area (Å²) < 4.78 is 0. The molecular formula is C14H24N2O. The Morgan fingerprint density at radius 3 is 2.76 bits per heavy atom. The maximum atomic E-state index is 11.9. The summed E-state index contributed by atoms with van der Waals surface area (Å²) in [6.07, 6.45) is 5.24. The zero-order valence-corrected chi connectivity index (χ0v) is 11.0. The highest BCUT2D eigenvalue weighted by molar-refractivity contribution is 5.93. The first-order valence-electron chi connectivity index (χ1n) is 6.84. The number of hydrogen-bond acceptors (Lipinski definition) is 2. The van der Waals surface area contributed by atoms with Gasteiger partial charge in [-0.25, -0.2) is 0 Å². The molecule has 0 bridgehead atoms. The van der Waals surface area contributed by atoms with Crippen molar-refractivity contribution in [2.24, 2.45) is 11.8 Å². The molecule has 1 saturated heterocycles. The minimum atomic E-state index is 0.139. The van der Waals surface area contributed by atoms with Crippen LogP contribution in [0.3, 0.4) is 0 Å². The summed E-state index contributed by atoms with van der Waals surface area (Å²) in [5, 5.41) is 6.27. The highest BCUT2D eigenvalue weighted by Crippen LogP contribution is 2.27. The molecule has 2 atom stereocenters. The third-order valence-electron chi connectivity index (χ3n) is 4.14. The van der Waals surface area contributed by atoms with Crippen molar-refractivity contribution in [3.05, 3.63) is 11.1 Å². The smallest absolute Gasteiger partial charge is 0.246 e. The lowest BCUT2D eigenvalue weighted by Gasteiger charge is -2.27. The Bertz CT molecular complexity index is 316. The Morgan fingerprint density at radius 1 is 1.41 bits per heavy atom. The van der Waals surface area contributed by atoms with Crippen molar-refractivity contribution < 1.29 is 4.79 Å². The first kappa shape index (κ1) is 12.6. The molecular weight excluding hydrogens is 212 g/mol. The fourth-order valence-electron chi connectivity index (χ4n) is 2.79. The SMILES string of the molecule is CC(C(=O)NCC1CCCC(C)C1)=C1CNC1. The molecule has 2 unspecified atom stereocenters. The third-order valence-corrected chi connectivity index (χ3v) is 4.14. The predicted molar refractivity (Wildman–Crippen MR) is 69.7 cm³/mol. The van der Waals surface area contributed by atoms with Gasteiger partial charge in [0.15, 0.2) is 0 Å². The molecule has 2 fully saturated rings. The maximum Gasteiger partial charge on any atom is 0.246 e. The Morgan fingerprint density at radius 2 is 2.18 bits per heavy atom. The molecule has 2 aliphatic rings. The number of carbonyl (C=O) groups is 1. The second-order valence-electron chi connectivity index (χ2n) is 5.68. The molecule has 1 aliphatic carbocycles. The monoisotopic (exact) mass is 236 g/mol. The second-order valence-corrected chi connectivity index (χ2v) is 5.68. The molecule has 17 heavy (non-hydrogen) atoms. The van der Waals surface area contributed by atoms with Crippen molar-refractivity contribution in [1.29, 1.82) is 0 Å². The summed E-state index contributed by atoms with van der Waals surface area (Å²) in [5.41, 5.74) is 2.19. The first-order chi connectivity index (χ1) is 8.16. The number of amides is 1. The second kappa shape index (κ2) is 5.67. The van der Waals surface area contributed by atoms with Crippen LogP contribution in [0.1, 0.15) is 39.5 Å². The van der Waals surface area contributed by atoms with E-state index in [0.717, 1.165) is 31.1 Å². The zero-order chi connectivity index (χ0) is 12.3. The van der Waals surface area contributed by atoms with Crippen LogP contribution >= 0.6 is 0 Å². The van der Waals surface area contributed by atoms with Crippen LogP contribution in [0.25, 0.3) is 0 Å². The van der Waals surface area contributed by atoms with E-state index in [9.17, 15) is 4.79 Å². The van der Waals surface area contributed by atoms with E-state index in [4.69, 9.17) is 0 Å². The van der Waals surface area contributed by atoms with Gasteiger partial charge in [0.25, 0.3) is 0 Å². The van der Waals surface area contributed by atoms with Gasteiger partial charge >= 0.3 is 0 Å². The summed E-state index contributed by atoms with van der Waals surface area (Å²) in [5.74, 6) is 1.67. The molecule has 1 amide bonds. The normalized spacial score (nSPS) is 28.5. The highest BCUT2D eigenvalue weighted by atomic mass is 16.1. The molecule has 2 rings (SSSR count). The average Bonchev–Trinajstić information content (AvgIpc) is 2.23. The average molecular weight is 236 g/mol.